The third kappa shape index (κ3) is 4.54. The number of carbonyl (C=O) groups is 2. The molecule has 3 rings (SSSR count). The van der Waals surface area contributed by atoms with Gasteiger partial charge in [-0.1, -0.05) is 48.5 Å². The summed E-state index contributed by atoms with van der Waals surface area (Å²) in [5, 5.41) is 3.76. The summed E-state index contributed by atoms with van der Waals surface area (Å²) in [6, 6.07) is 15.7. The van der Waals surface area contributed by atoms with Crippen molar-refractivity contribution in [2.75, 3.05) is 7.11 Å². The predicted octanol–water partition coefficient (Wildman–Crippen LogP) is 1.94. The highest BCUT2D eigenvalue weighted by Crippen LogP contribution is 2.18. The zero-order valence-electron chi connectivity index (χ0n) is 15.1. The summed E-state index contributed by atoms with van der Waals surface area (Å²) in [6.45, 7) is 0. The van der Waals surface area contributed by atoms with Crippen molar-refractivity contribution < 1.29 is 14.3 Å². The predicted molar refractivity (Wildman–Crippen MR) is 104 cm³/mol. The Labute approximate surface area is 157 Å². The molecule has 1 heterocycles. The molecule has 0 fully saturated rings. The summed E-state index contributed by atoms with van der Waals surface area (Å²) < 4.78 is 4.83. The number of hydrogen-bond donors (Lipinski definition) is 3. The Balaban J connectivity index is 1.68. The van der Waals surface area contributed by atoms with Crippen LogP contribution in [0.3, 0.4) is 0 Å². The zero-order valence-corrected chi connectivity index (χ0v) is 15.1. The van der Waals surface area contributed by atoms with Crippen molar-refractivity contribution in [3.63, 3.8) is 0 Å². The highest BCUT2D eigenvalue weighted by atomic mass is 16.5. The number of methoxy groups -OCH3 is 1. The van der Waals surface area contributed by atoms with Gasteiger partial charge in [-0.25, -0.2) is 4.79 Å². The largest absolute Gasteiger partial charge is 0.467 e. The highest BCUT2D eigenvalue weighted by molar-refractivity contribution is 5.89. The molecule has 0 saturated carbocycles. The van der Waals surface area contributed by atoms with E-state index >= 15 is 0 Å². The molecular formula is C21H23N3O3. The minimum absolute atomic E-state index is 0.346. The van der Waals surface area contributed by atoms with Gasteiger partial charge in [0.2, 0.25) is 5.91 Å². The number of fused-ring (bicyclic) bond motifs is 1. The first-order valence-corrected chi connectivity index (χ1v) is 8.81. The number of carbonyl (C=O) groups excluding carboxylic acids is 2. The number of para-hydroxylation sites is 1. The van der Waals surface area contributed by atoms with Crippen molar-refractivity contribution in [1.82, 2.24) is 10.3 Å². The van der Waals surface area contributed by atoms with Gasteiger partial charge in [0.25, 0.3) is 0 Å². The molecule has 4 N–H and O–H groups in total. The van der Waals surface area contributed by atoms with Crippen LogP contribution < -0.4 is 11.1 Å². The van der Waals surface area contributed by atoms with Gasteiger partial charge in [0.05, 0.1) is 13.2 Å². The van der Waals surface area contributed by atoms with E-state index in [1.807, 2.05) is 60.8 Å². The summed E-state index contributed by atoms with van der Waals surface area (Å²) in [6.07, 6.45) is 2.58. The number of nitrogens with two attached hydrogens (primary N) is 1. The lowest BCUT2D eigenvalue weighted by molar-refractivity contribution is -0.145. The van der Waals surface area contributed by atoms with Crippen molar-refractivity contribution in [3.05, 3.63) is 71.9 Å². The van der Waals surface area contributed by atoms with E-state index in [1.54, 1.807) is 0 Å². The Kier molecular flexibility index (Phi) is 5.88. The van der Waals surface area contributed by atoms with E-state index in [4.69, 9.17) is 10.5 Å². The van der Waals surface area contributed by atoms with Gasteiger partial charge in [0.15, 0.2) is 0 Å². The van der Waals surface area contributed by atoms with Crippen molar-refractivity contribution in [2.24, 2.45) is 5.73 Å². The molecule has 140 valence electrons. The van der Waals surface area contributed by atoms with Crippen LogP contribution in [0.4, 0.5) is 0 Å². The Morgan fingerprint density at radius 2 is 1.78 bits per heavy atom. The molecular weight excluding hydrogens is 342 g/mol. The number of esters is 1. The number of H-pyrrole nitrogens is 1. The van der Waals surface area contributed by atoms with Gasteiger partial charge in [-0.3, -0.25) is 4.79 Å². The number of hydrogen-bond acceptors (Lipinski definition) is 4. The minimum atomic E-state index is -0.779. The van der Waals surface area contributed by atoms with Crippen LogP contribution in [0, 0.1) is 0 Å². The summed E-state index contributed by atoms with van der Waals surface area (Å²) in [4.78, 5) is 27.8. The molecule has 0 radical (unpaired) electrons. The van der Waals surface area contributed by atoms with Crippen LogP contribution in [0.5, 0.6) is 0 Å². The van der Waals surface area contributed by atoms with E-state index in [9.17, 15) is 9.59 Å². The smallest absolute Gasteiger partial charge is 0.328 e. The van der Waals surface area contributed by atoms with Crippen molar-refractivity contribution in [1.29, 1.82) is 0 Å². The first-order chi connectivity index (χ1) is 13.1. The number of aromatic nitrogens is 1. The molecule has 2 aromatic carbocycles. The molecule has 0 aliphatic heterocycles. The van der Waals surface area contributed by atoms with E-state index in [0.717, 1.165) is 22.0 Å². The van der Waals surface area contributed by atoms with E-state index in [1.165, 1.54) is 7.11 Å². The number of ether oxygens (including phenoxy) is 1. The summed E-state index contributed by atoms with van der Waals surface area (Å²) in [7, 11) is 1.30. The Bertz CT molecular complexity index is 921. The topological polar surface area (TPSA) is 97.2 Å². The summed E-state index contributed by atoms with van der Waals surface area (Å²) in [5.74, 6) is -0.877. The average molecular weight is 365 g/mol. The molecule has 0 aliphatic rings. The van der Waals surface area contributed by atoms with E-state index < -0.39 is 18.1 Å². The summed E-state index contributed by atoms with van der Waals surface area (Å²) in [5.41, 5.74) is 8.99. The van der Waals surface area contributed by atoms with Gasteiger partial charge >= 0.3 is 5.97 Å². The molecule has 1 amide bonds. The van der Waals surface area contributed by atoms with Crippen molar-refractivity contribution >= 4 is 22.8 Å². The van der Waals surface area contributed by atoms with E-state index in [-0.39, 0.29) is 5.91 Å². The first-order valence-electron chi connectivity index (χ1n) is 8.81. The van der Waals surface area contributed by atoms with Crippen LogP contribution in [0.15, 0.2) is 60.8 Å². The Morgan fingerprint density at radius 1 is 1.07 bits per heavy atom. The molecule has 6 heteroatoms. The fraction of sp³-hybridized carbons (Fsp3) is 0.238. The van der Waals surface area contributed by atoms with Gasteiger partial charge in [-0.15, -0.1) is 0 Å². The lowest BCUT2D eigenvalue weighted by atomic mass is 10.0. The first kappa shape index (κ1) is 18.7. The van der Waals surface area contributed by atoms with Crippen LogP contribution in [0.25, 0.3) is 10.9 Å². The Hall–Kier alpha value is -3.12. The Morgan fingerprint density at radius 3 is 2.52 bits per heavy atom. The van der Waals surface area contributed by atoms with Gasteiger partial charge in [-0.2, -0.15) is 0 Å². The molecule has 0 aliphatic carbocycles. The maximum Gasteiger partial charge on any atom is 0.328 e. The molecule has 0 bridgehead atoms. The highest BCUT2D eigenvalue weighted by Gasteiger charge is 2.25. The summed E-state index contributed by atoms with van der Waals surface area (Å²) >= 11 is 0. The van der Waals surface area contributed by atoms with Gasteiger partial charge in [0.1, 0.15) is 6.04 Å². The molecule has 6 nitrogen and oxygen atoms in total. The van der Waals surface area contributed by atoms with Crippen LogP contribution in [0.1, 0.15) is 11.1 Å². The molecule has 0 unspecified atom stereocenters. The van der Waals surface area contributed by atoms with Gasteiger partial charge in [-0.05, 0) is 23.6 Å². The monoisotopic (exact) mass is 365 g/mol. The standard InChI is InChI=1S/C21H23N3O3/c1-27-21(26)19(11-14-7-3-2-4-8-14)24-20(25)17(22)12-15-13-23-18-10-6-5-9-16(15)18/h2-10,13,17,19,23H,11-12,22H2,1H3,(H,24,25)/t17-,19-/m1/s1. The maximum absolute atomic E-state index is 12.6. The van der Waals surface area contributed by atoms with Crippen LogP contribution in [-0.2, 0) is 27.2 Å². The molecule has 3 aromatic rings. The number of rotatable bonds is 7. The second-order valence-electron chi connectivity index (χ2n) is 6.44. The molecule has 27 heavy (non-hydrogen) atoms. The lowest BCUT2D eigenvalue weighted by Crippen LogP contribution is -2.50. The van der Waals surface area contributed by atoms with Crippen LogP contribution in [0.2, 0.25) is 0 Å². The maximum atomic E-state index is 12.6. The minimum Gasteiger partial charge on any atom is -0.467 e. The number of benzene rings is 2. The normalized spacial score (nSPS) is 13.1. The van der Waals surface area contributed by atoms with Crippen LogP contribution >= 0.6 is 0 Å². The molecule has 0 saturated heterocycles. The van der Waals surface area contributed by atoms with Crippen LogP contribution in [-0.4, -0.2) is 36.1 Å². The third-order valence-electron chi connectivity index (χ3n) is 4.54. The average Bonchev–Trinajstić information content (AvgIpc) is 3.10. The van der Waals surface area contributed by atoms with E-state index in [0.29, 0.717) is 12.8 Å². The number of nitrogens with one attached hydrogen (secondary N) is 2. The fourth-order valence-corrected chi connectivity index (χ4v) is 3.09. The second kappa shape index (κ2) is 8.51. The second-order valence-corrected chi connectivity index (χ2v) is 6.44. The molecule has 2 atom stereocenters. The van der Waals surface area contributed by atoms with Gasteiger partial charge < -0.3 is 20.8 Å². The number of amides is 1. The molecule has 1 aromatic heterocycles. The zero-order chi connectivity index (χ0) is 19.2. The quantitative estimate of drug-likeness (QED) is 0.558. The number of aromatic amines is 1. The van der Waals surface area contributed by atoms with Gasteiger partial charge in [0, 0.05) is 23.5 Å². The third-order valence-corrected chi connectivity index (χ3v) is 4.54. The molecule has 0 spiro atoms. The fourth-order valence-electron chi connectivity index (χ4n) is 3.09. The van der Waals surface area contributed by atoms with Crippen molar-refractivity contribution in [3.8, 4) is 0 Å². The lowest BCUT2D eigenvalue weighted by Gasteiger charge is -2.19. The van der Waals surface area contributed by atoms with Crippen molar-refractivity contribution in [2.45, 2.75) is 24.9 Å². The van der Waals surface area contributed by atoms with E-state index in [2.05, 4.69) is 10.3 Å². The SMILES string of the molecule is COC(=O)[C@@H](Cc1ccccc1)NC(=O)[C@H](N)Cc1c[nH]c2ccccc12.